The first-order chi connectivity index (χ1) is 29.3. The number of ether oxygens (including phenoxy) is 2. The fraction of sp³-hybridized carbons (Fsp3) is 0.522. The Morgan fingerprint density at radius 3 is 2.40 bits per heavy atom. The summed E-state index contributed by atoms with van der Waals surface area (Å²) in [6, 6.07) is 13.3. The first-order valence-corrected chi connectivity index (χ1v) is 23.2. The molecule has 330 valence electrons. The first kappa shape index (κ1) is 43.2. The second kappa shape index (κ2) is 16.3. The van der Waals surface area contributed by atoms with Crippen LogP contribution >= 0.6 is 0 Å². The van der Waals surface area contributed by atoms with Crippen LogP contribution in [0.25, 0.3) is 33.5 Å². The lowest BCUT2D eigenvalue weighted by molar-refractivity contribution is -0.141. The normalized spacial score (nSPS) is 25.5. The van der Waals surface area contributed by atoms with E-state index in [4.69, 9.17) is 23.9 Å². The number of para-hydroxylation sites is 1. The number of allylic oxidation sites excluding steroid dienone is 1. The maximum atomic E-state index is 14.8. The van der Waals surface area contributed by atoms with Crippen LogP contribution < -0.4 is 20.1 Å². The van der Waals surface area contributed by atoms with Gasteiger partial charge in [0.25, 0.3) is 11.8 Å². The second-order valence-corrected chi connectivity index (χ2v) is 21.1. The zero-order valence-electron chi connectivity index (χ0n) is 36.2. The van der Waals surface area contributed by atoms with E-state index in [1.807, 2.05) is 60.7 Å². The molecule has 62 heavy (non-hydrogen) atoms. The number of aromatic nitrogens is 2. The molecule has 16 heteroatoms. The molecule has 8 rings (SSSR count). The van der Waals surface area contributed by atoms with Gasteiger partial charge in [-0.15, -0.1) is 0 Å². The molecule has 2 aliphatic heterocycles. The van der Waals surface area contributed by atoms with E-state index in [1.165, 1.54) is 4.90 Å². The minimum Gasteiger partial charge on any atom is -0.470 e. The van der Waals surface area contributed by atoms with Crippen molar-refractivity contribution in [1.29, 1.82) is 0 Å². The molecule has 2 aromatic carbocycles. The Kier molecular flexibility index (Phi) is 11.4. The van der Waals surface area contributed by atoms with Gasteiger partial charge in [-0.3, -0.25) is 19.1 Å². The smallest absolute Gasteiger partial charge is 0.408 e. The van der Waals surface area contributed by atoms with Gasteiger partial charge in [0, 0.05) is 23.3 Å². The van der Waals surface area contributed by atoms with E-state index < -0.39 is 74.3 Å². The van der Waals surface area contributed by atoms with Gasteiger partial charge in [0.05, 0.1) is 11.8 Å². The maximum Gasteiger partial charge on any atom is 0.408 e. The van der Waals surface area contributed by atoms with Gasteiger partial charge in [-0.2, -0.15) is 4.98 Å². The van der Waals surface area contributed by atoms with Crippen molar-refractivity contribution in [2.75, 3.05) is 6.54 Å². The van der Waals surface area contributed by atoms with Crippen LogP contribution in [0, 0.1) is 5.92 Å². The largest absolute Gasteiger partial charge is 0.470 e. The number of furan rings is 1. The van der Waals surface area contributed by atoms with Gasteiger partial charge < -0.3 is 29.4 Å². The third-order valence-corrected chi connectivity index (χ3v) is 13.8. The predicted molar refractivity (Wildman–Crippen MR) is 232 cm³/mol. The predicted octanol–water partition coefficient (Wildman–Crippen LogP) is 6.59. The van der Waals surface area contributed by atoms with E-state index >= 15 is 0 Å². The number of nitrogens with one attached hydrogen (secondary N) is 3. The van der Waals surface area contributed by atoms with E-state index in [2.05, 4.69) is 36.1 Å². The van der Waals surface area contributed by atoms with Crippen LogP contribution in [0.2, 0.25) is 0 Å². The maximum absolute atomic E-state index is 14.8. The second-order valence-electron chi connectivity index (χ2n) is 19.1. The number of sulfonamides is 1. The van der Waals surface area contributed by atoms with Crippen molar-refractivity contribution in [2.24, 2.45) is 5.92 Å². The molecule has 3 N–H and O–H groups in total. The van der Waals surface area contributed by atoms with E-state index in [0.29, 0.717) is 48.2 Å². The number of nitrogens with zero attached hydrogens (tertiary/aromatic N) is 3. The number of benzene rings is 2. The summed E-state index contributed by atoms with van der Waals surface area (Å²) < 4.78 is 46.7. The Bertz CT molecular complexity index is 2540. The summed E-state index contributed by atoms with van der Waals surface area (Å²) in [5, 5.41) is 5.78. The summed E-state index contributed by atoms with van der Waals surface area (Å²) in [7, 11) is -3.92. The summed E-state index contributed by atoms with van der Waals surface area (Å²) in [5.74, 6) is -1.91. The summed E-state index contributed by atoms with van der Waals surface area (Å²) in [5.41, 5.74) is 0.857. The summed E-state index contributed by atoms with van der Waals surface area (Å²) in [4.78, 5) is 67.6. The number of amides is 4. The van der Waals surface area contributed by atoms with Crippen LogP contribution in [0.4, 0.5) is 4.79 Å². The molecule has 5 atom stereocenters. The third kappa shape index (κ3) is 9.16. The standard InChI is InChI=1S/C46H56N6O9S/c1-44(2,3)28-20-18-27(19-21-28)38-48-36-32-15-12-13-17-35(32)60-37(36)40(49-38)59-30-24-34-39(53)50-46(42(55)51-62(57,58)31-22-23-31)25-29(46)14-10-8-7-9-11-16-33(41(54)52(34)26-30)47-43(56)61-45(4,5)6/h10,12-15,17-21,29-31,33-34H,7-9,11,16,22-26H2,1-6H3,(H,47,56)(H,50,53)(H,51,55)/b14-10-/t29-,30+,33-,34-,46+/m0/s1. The summed E-state index contributed by atoms with van der Waals surface area (Å²) in [6.07, 6.45) is 6.41. The molecule has 4 amide bonds. The molecular weight excluding hydrogens is 813 g/mol. The lowest BCUT2D eigenvalue weighted by Crippen LogP contribution is -2.58. The Hall–Kier alpha value is -5.51. The van der Waals surface area contributed by atoms with Crippen molar-refractivity contribution in [3.05, 3.63) is 66.2 Å². The van der Waals surface area contributed by atoms with Crippen molar-refractivity contribution < 1.29 is 41.5 Å². The van der Waals surface area contributed by atoms with Crippen LogP contribution in [0.5, 0.6) is 5.88 Å². The molecule has 1 saturated heterocycles. The van der Waals surface area contributed by atoms with Crippen molar-refractivity contribution in [3.63, 3.8) is 0 Å². The molecule has 0 spiro atoms. The number of alkyl carbamates (subject to hydrolysis) is 1. The molecule has 0 radical (unpaired) electrons. The zero-order valence-corrected chi connectivity index (χ0v) is 37.0. The van der Waals surface area contributed by atoms with Gasteiger partial charge in [0.2, 0.25) is 27.4 Å². The fourth-order valence-electron chi connectivity index (χ4n) is 8.35. The average molecular weight is 869 g/mol. The van der Waals surface area contributed by atoms with E-state index in [-0.39, 0.29) is 37.1 Å². The molecule has 0 unspecified atom stereocenters. The van der Waals surface area contributed by atoms with E-state index in [1.54, 1.807) is 20.8 Å². The Morgan fingerprint density at radius 2 is 1.69 bits per heavy atom. The van der Waals surface area contributed by atoms with Gasteiger partial charge in [0.15, 0.2) is 5.82 Å². The van der Waals surface area contributed by atoms with E-state index in [0.717, 1.165) is 29.4 Å². The lowest BCUT2D eigenvalue weighted by Gasteiger charge is -2.30. The number of hydrogen-bond donors (Lipinski definition) is 3. The molecule has 2 saturated carbocycles. The van der Waals surface area contributed by atoms with Crippen molar-refractivity contribution >= 4 is 55.9 Å². The van der Waals surface area contributed by atoms with Crippen molar-refractivity contribution in [1.82, 2.24) is 30.2 Å². The highest BCUT2D eigenvalue weighted by Gasteiger charge is 2.62. The highest BCUT2D eigenvalue weighted by molar-refractivity contribution is 7.91. The number of rotatable bonds is 7. The first-order valence-electron chi connectivity index (χ1n) is 21.6. The van der Waals surface area contributed by atoms with Crippen LogP contribution in [0.3, 0.4) is 0 Å². The molecule has 0 bridgehead atoms. The molecule has 15 nitrogen and oxygen atoms in total. The Balaban J connectivity index is 1.15. The lowest BCUT2D eigenvalue weighted by atomic mass is 9.87. The van der Waals surface area contributed by atoms with Gasteiger partial charge in [-0.05, 0) is 82.4 Å². The fourth-order valence-corrected chi connectivity index (χ4v) is 9.71. The number of carbonyl (C=O) groups excluding carboxylic acids is 4. The van der Waals surface area contributed by atoms with Gasteiger partial charge in [0.1, 0.15) is 40.4 Å². The van der Waals surface area contributed by atoms with Crippen molar-refractivity contribution in [2.45, 2.75) is 139 Å². The Labute approximate surface area is 361 Å². The van der Waals surface area contributed by atoms with E-state index in [9.17, 15) is 27.6 Å². The van der Waals surface area contributed by atoms with Crippen LogP contribution in [-0.4, -0.2) is 88.2 Å². The molecular formula is C46H56N6O9S. The molecule has 3 fully saturated rings. The summed E-state index contributed by atoms with van der Waals surface area (Å²) >= 11 is 0. The van der Waals surface area contributed by atoms with Gasteiger partial charge in [-0.1, -0.05) is 82.2 Å². The number of fused-ring (bicyclic) bond motifs is 5. The minimum atomic E-state index is -3.92. The van der Waals surface area contributed by atoms with Gasteiger partial charge >= 0.3 is 6.09 Å². The zero-order chi connectivity index (χ0) is 44.2. The highest BCUT2D eigenvalue weighted by atomic mass is 32.2. The topological polar surface area (TPSA) is 199 Å². The highest BCUT2D eigenvalue weighted by Crippen LogP contribution is 2.46. The number of carbonyl (C=O) groups is 4. The Morgan fingerprint density at radius 1 is 0.952 bits per heavy atom. The summed E-state index contributed by atoms with van der Waals surface area (Å²) in [6.45, 7) is 11.5. The molecule has 2 aromatic heterocycles. The third-order valence-electron chi connectivity index (χ3n) is 12.0. The SMILES string of the molecule is CC(C)(C)OC(=O)N[C@H]1CCCCC/C=C\[C@H]2C[C@@]2(C(=O)NS(=O)(=O)C2CC2)NC(=O)[C@@H]2C[C@@H](Oc3nc(-c4ccc(C(C)(C)C)cc4)nc4c3oc3ccccc34)CN2C1=O. The molecule has 4 aromatic rings. The average Bonchev–Trinajstić information content (AvgIpc) is 4.10. The number of hydrogen-bond acceptors (Lipinski definition) is 11. The van der Waals surface area contributed by atoms with Crippen molar-refractivity contribution in [3.8, 4) is 17.3 Å². The van der Waals surface area contributed by atoms with Crippen LogP contribution in [0.15, 0.2) is 65.1 Å². The minimum absolute atomic E-state index is 0.0172. The molecule has 4 heterocycles. The molecule has 2 aliphatic carbocycles. The quantitative estimate of drug-likeness (QED) is 0.170. The van der Waals surface area contributed by atoms with Crippen LogP contribution in [0.1, 0.15) is 105 Å². The van der Waals surface area contributed by atoms with Crippen LogP contribution in [-0.2, 0) is 34.6 Å². The van der Waals surface area contributed by atoms with Gasteiger partial charge in [-0.25, -0.2) is 18.2 Å². The monoisotopic (exact) mass is 868 g/mol. The molecule has 4 aliphatic rings.